The number of rotatable bonds is 5. The summed E-state index contributed by atoms with van der Waals surface area (Å²) in [6.07, 6.45) is 2.32. The highest BCUT2D eigenvalue weighted by atomic mass is 32.2. The third kappa shape index (κ3) is 4.32. The van der Waals surface area contributed by atoms with Gasteiger partial charge in [0.1, 0.15) is 11.6 Å². The van der Waals surface area contributed by atoms with Crippen LogP contribution in [-0.4, -0.2) is 42.3 Å². The summed E-state index contributed by atoms with van der Waals surface area (Å²) in [7, 11) is -3.91. The summed E-state index contributed by atoms with van der Waals surface area (Å²) >= 11 is 0. The fourth-order valence-corrected chi connectivity index (χ4v) is 5.51. The highest BCUT2D eigenvalue weighted by Gasteiger charge is 2.33. The maximum Gasteiger partial charge on any atom is 0.243 e. The number of halogens is 3. The first-order chi connectivity index (χ1) is 16.3. The average molecular weight is 491 g/mol. The number of hydrogen-bond donors (Lipinski definition) is 0. The Kier molecular flexibility index (Phi) is 5.90. The minimum absolute atomic E-state index is 0.0324. The lowest BCUT2D eigenvalue weighted by atomic mass is 10.1. The molecule has 2 aliphatic heterocycles. The Bertz CT molecular complexity index is 1330. The van der Waals surface area contributed by atoms with Crippen LogP contribution < -0.4 is 9.64 Å². The van der Waals surface area contributed by atoms with E-state index in [9.17, 15) is 21.6 Å². The van der Waals surface area contributed by atoms with Crippen molar-refractivity contribution in [2.24, 2.45) is 0 Å². The molecule has 3 heterocycles. The molecule has 1 saturated heterocycles. The predicted octanol–water partition coefficient (Wildman–Crippen LogP) is 4.03. The molecule has 0 unspecified atom stereocenters. The van der Waals surface area contributed by atoms with Crippen LogP contribution in [0.5, 0.6) is 11.6 Å². The molecule has 178 valence electrons. The second-order valence-corrected chi connectivity index (χ2v) is 10.1. The van der Waals surface area contributed by atoms with E-state index in [0.717, 1.165) is 50.2 Å². The first-order valence-corrected chi connectivity index (χ1v) is 12.3. The normalized spacial score (nSPS) is 16.5. The molecular weight excluding hydrogens is 469 g/mol. The summed E-state index contributed by atoms with van der Waals surface area (Å²) in [4.78, 5) is 11.2. The molecule has 0 bridgehead atoms. The molecule has 2 aliphatic rings. The van der Waals surface area contributed by atoms with Gasteiger partial charge < -0.3 is 9.64 Å². The van der Waals surface area contributed by atoms with Gasteiger partial charge in [0.15, 0.2) is 11.6 Å². The Labute approximate surface area is 194 Å². The standard InChI is InChI=1S/C23H21F3N4O3S/c24-15-3-6-17(7-4-15)34(31,32)30-12-9-21-18(14-30)22(28-23(27-21)29-10-1-2-11-29)33-16-5-8-19(25)20(26)13-16/h3-8,13H,1-2,9-12,14H2. The largest absolute Gasteiger partial charge is 0.438 e. The molecule has 0 spiro atoms. The van der Waals surface area contributed by atoms with Crippen molar-refractivity contribution >= 4 is 16.0 Å². The minimum Gasteiger partial charge on any atom is -0.438 e. The molecule has 0 saturated carbocycles. The van der Waals surface area contributed by atoms with Crippen molar-refractivity contribution in [2.45, 2.75) is 30.7 Å². The first kappa shape index (κ1) is 22.6. The van der Waals surface area contributed by atoms with Gasteiger partial charge in [0.25, 0.3) is 0 Å². The quantitative estimate of drug-likeness (QED) is 0.538. The van der Waals surface area contributed by atoms with Gasteiger partial charge in [-0.05, 0) is 49.2 Å². The van der Waals surface area contributed by atoms with Crippen molar-refractivity contribution < 1.29 is 26.3 Å². The van der Waals surface area contributed by atoms with Gasteiger partial charge in [-0.25, -0.2) is 26.6 Å². The van der Waals surface area contributed by atoms with Crippen molar-refractivity contribution in [2.75, 3.05) is 24.5 Å². The number of hydrogen-bond acceptors (Lipinski definition) is 6. The number of ether oxygens (including phenoxy) is 1. The van der Waals surface area contributed by atoms with E-state index in [2.05, 4.69) is 9.97 Å². The molecular formula is C23H21F3N4O3S. The molecule has 0 amide bonds. The fourth-order valence-electron chi connectivity index (χ4n) is 4.10. The van der Waals surface area contributed by atoms with Crippen LogP contribution in [0.1, 0.15) is 24.1 Å². The summed E-state index contributed by atoms with van der Waals surface area (Å²) < 4.78 is 73.9. The van der Waals surface area contributed by atoms with E-state index in [0.29, 0.717) is 23.6 Å². The Balaban J connectivity index is 1.52. The van der Waals surface area contributed by atoms with Gasteiger partial charge >= 0.3 is 0 Å². The third-order valence-electron chi connectivity index (χ3n) is 5.92. The van der Waals surface area contributed by atoms with Crippen LogP contribution in [0.3, 0.4) is 0 Å². The van der Waals surface area contributed by atoms with E-state index in [1.54, 1.807) is 0 Å². The van der Waals surface area contributed by atoms with Gasteiger partial charge in [0, 0.05) is 38.7 Å². The number of fused-ring (bicyclic) bond motifs is 1. The lowest BCUT2D eigenvalue weighted by molar-refractivity contribution is 0.368. The molecule has 7 nitrogen and oxygen atoms in total. The minimum atomic E-state index is -3.91. The summed E-state index contributed by atoms with van der Waals surface area (Å²) in [6.45, 7) is 1.67. The molecule has 5 rings (SSSR count). The van der Waals surface area contributed by atoms with Crippen molar-refractivity contribution in [3.05, 3.63) is 71.2 Å². The SMILES string of the molecule is O=S(=O)(c1ccc(F)cc1)N1CCc2nc(N3CCCC3)nc(Oc3ccc(F)c(F)c3)c2C1. The summed E-state index contributed by atoms with van der Waals surface area (Å²) in [5, 5.41) is 0. The zero-order chi connectivity index (χ0) is 23.9. The summed E-state index contributed by atoms with van der Waals surface area (Å²) in [5.74, 6) is -2.02. The molecule has 3 aromatic rings. The monoisotopic (exact) mass is 490 g/mol. The zero-order valence-electron chi connectivity index (χ0n) is 18.0. The van der Waals surface area contributed by atoms with Crippen LogP contribution in [0.15, 0.2) is 47.4 Å². The Morgan fingerprint density at radius 1 is 0.882 bits per heavy atom. The third-order valence-corrected chi connectivity index (χ3v) is 7.78. The van der Waals surface area contributed by atoms with Crippen LogP contribution in [0, 0.1) is 17.5 Å². The fraction of sp³-hybridized carbons (Fsp3) is 0.304. The Hall–Kier alpha value is -3.18. The maximum atomic E-state index is 13.8. The molecule has 11 heteroatoms. The van der Waals surface area contributed by atoms with Crippen molar-refractivity contribution in [1.29, 1.82) is 0 Å². The smallest absolute Gasteiger partial charge is 0.243 e. The van der Waals surface area contributed by atoms with Crippen LogP contribution in [0.25, 0.3) is 0 Å². The molecule has 1 fully saturated rings. The van der Waals surface area contributed by atoms with E-state index in [-0.39, 0.29) is 29.6 Å². The first-order valence-electron chi connectivity index (χ1n) is 10.8. The van der Waals surface area contributed by atoms with Gasteiger partial charge in [-0.2, -0.15) is 9.29 Å². The molecule has 34 heavy (non-hydrogen) atoms. The molecule has 0 aliphatic carbocycles. The zero-order valence-corrected chi connectivity index (χ0v) is 18.9. The second-order valence-electron chi connectivity index (χ2n) is 8.17. The maximum absolute atomic E-state index is 13.8. The highest BCUT2D eigenvalue weighted by Crippen LogP contribution is 2.34. The van der Waals surface area contributed by atoms with E-state index < -0.39 is 27.5 Å². The topological polar surface area (TPSA) is 75.6 Å². The van der Waals surface area contributed by atoms with E-state index in [1.165, 1.54) is 22.5 Å². The molecule has 0 atom stereocenters. The van der Waals surface area contributed by atoms with Crippen molar-refractivity contribution in [3.8, 4) is 11.6 Å². The van der Waals surface area contributed by atoms with E-state index in [4.69, 9.17) is 4.74 Å². The van der Waals surface area contributed by atoms with Crippen LogP contribution in [0.2, 0.25) is 0 Å². The van der Waals surface area contributed by atoms with Gasteiger partial charge in [0.05, 0.1) is 16.2 Å². The van der Waals surface area contributed by atoms with E-state index in [1.807, 2.05) is 4.90 Å². The Morgan fingerprint density at radius 3 is 2.32 bits per heavy atom. The van der Waals surface area contributed by atoms with Crippen LogP contribution in [0.4, 0.5) is 19.1 Å². The molecule has 1 aromatic heterocycles. The van der Waals surface area contributed by atoms with Crippen molar-refractivity contribution in [3.63, 3.8) is 0 Å². The van der Waals surface area contributed by atoms with Gasteiger partial charge in [-0.1, -0.05) is 0 Å². The highest BCUT2D eigenvalue weighted by molar-refractivity contribution is 7.89. The van der Waals surface area contributed by atoms with Gasteiger partial charge in [-0.15, -0.1) is 0 Å². The number of anilines is 1. The Morgan fingerprint density at radius 2 is 1.62 bits per heavy atom. The second kappa shape index (κ2) is 8.88. The lowest BCUT2D eigenvalue weighted by Crippen LogP contribution is -2.37. The number of sulfonamides is 1. The van der Waals surface area contributed by atoms with Crippen molar-refractivity contribution in [1.82, 2.24) is 14.3 Å². The van der Waals surface area contributed by atoms with E-state index >= 15 is 0 Å². The average Bonchev–Trinajstić information content (AvgIpc) is 3.36. The number of benzene rings is 2. The molecule has 0 N–H and O–H groups in total. The number of nitrogens with zero attached hydrogens (tertiary/aromatic N) is 4. The summed E-state index contributed by atoms with van der Waals surface area (Å²) in [6, 6.07) is 7.75. The van der Waals surface area contributed by atoms with Gasteiger partial charge in [0.2, 0.25) is 21.9 Å². The van der Waals surface area contributed by atoms with Crippen LogP contribution in [-0.2, 0) is 23.0 Å². The summed E-state index contributed by atoms with van der Waals surface area (Å²) in [5.41, 5.74) is 1.09. The predicted molar refractivity (Wildman–Crippen MR) is 118 cm³/mol. The number of aromatic nitrogens is 2. The van der Waals surface area contributed by atoms with Gasteiger partial charge in [-0.3, -0.25) is 0 Å². The molecule has 2 aromatic carbocycles. The lowest BCUT2D eigenvalue weighted by Gasteiger charge is -2.29. The van der Waals surface area contributed by atoms with Crippen LogP contribution >= 0.6 is 0 Å². The molecule has 0 radical (unpaired) electrons.